The lowest BCUT2D eigenvalue weighted by Crippen LogP contribution is -2.50. The smallest absolute Gasteiger partial charge is 0.239 e. The molecule has 0 radical (unpaired) electrons. The predicted octanol–water partition coefficient (Wildman–Crippen LogP) is 0.202. The van der Waals surface area contributed by atoms with Gasteiger partial charge in [-0.2, -0.15) is 0 Å². The third-order valence-electron chi connectivity index (χ3n) is 5.28. The standard InChI is InChI=1S/C19H25N5O3/c1-11-7-14(27-24-11)8-13-9-26-10-15(13)21-19(25)17-16(18(20)23-22-17)12-5-3-2-4-6-12/h2-7,13,15-18,22-23H,8-10,20H2,1H3,(H,21,25)/t13-,15+,16?,17?,18?/m1/s1. The maximum absolute atomic E-state index is 13.0. The summed E-state index contributed by atoms with van der Waals surface area (Å²) >= 11 is 0. The van der Waals surface area contributed by atoms with Crippen molar-refractivity contribution in [2.45, 2.75) is 37.5 Å². The van der Waals surface area contributed by atoms with Gasteiger partial charge in [0.25, 0.3) is 0 Å². The summed E-state index contributed by atoms with van der Waals surface area (Å²) in [6.45, 7) is 2.97. The van der Waals surface area contributed by atoms with Gasteiger partial charge >= 0.3 is 0 Å². The molecule has 3 heterocycles. The predicted molar refractivity (Wildman–Crippen MR) is 98.4 cm³/mol. The van der Waals surface area contributed by atoms with Gasteiger partial charge in [-0.15, -0.1) is 0 Å². The number of hydrazine groups is 1. The molecule has 5 atom stereocenters. The number of nitrogens with zero attached hydrogens (tertiary/aromatic N) is 1. The molecular formula is C19H25N5O3. The number of carbonyl (C=O) groups is 1. The lowest BCUT2D eigenvalue weighted by atomic mass is 9.89. The van der Waals surface area contributed by atoms with Crippen molar-refractivity contribution in [2.75, 3.05) is 13.2 Å². The number of hydrogen-bond acceptors (Lipinski definition) is 7. The zero-order chi connectivity index (χ0) is 18.8. The molecule has 2 aliphatic heterocycles. The van der Waals surface area contributed by atoms with E-state index in [1.54, 1.807) is 0 Å². The van der Waals surface area contributed by atoms with Crippen LogP contribution in [0.25, 0.3) is 0 Å². The molecule has 0 aliphatic carbocycles. The molecule has 4 rings (SSSR count). The fourth-order valence-electron chi connectivity index (χ4n) is 3.88. The van der Waals surface area contributed by atoms with Crippen LogP contribution in [0.15, 0.2) is 40.9 Å². The maximum atomic E-state index is 13.0. The van der Waals surface area contributed by atoms with E-state index in [0.29, 0.717) is 19.6 Å². The summed E-state index contributed by atoms with van der Waals surface area (Å²) in [6.07, 6.45) is 0.347. The molecular weight excluding hydrogens is 346 g/mol. The van der Waals surface area contributed by atoms with Gasteiger partial charge in [0.05, 0.1) is 31.1 Å². The van der Waals surface area contributed by atoms with Crippen LogP contribution in [0, 0.1) is 12.8 Å². The number of ether oxygens (including phenoxy) is 1. The van der Waals surface area contributed by atoms with Gasteiger partial charge in [-0.3, -0.25) is 4.79 Å². The Labute approximate surface area is 157 Å². The molecule has 144 valence electrons. The van der Waals surface area contributed by atoms with Crippen LogP contribution in [-0.4, -0.2) is 42.5 Å². The van der Waals surface area contributed by atoms with Gasteiger partial charge in [-0.1, -0.05) is 35.5 Å². The molecule has 0 spiro atoms. The van der Waals surface area contributed by atoms with Crippen LogP contribution < -0.4 is 21.9 Å². The highest BCUT2D eigenvalue weighted by Crippen LogP contribution is 2.26. The van der Waals surface area contributed by atoms with Crippen molar-refractivity contribution >= 4 is 5.91 Å². The number of aryl methyl sites for hydroxylation is 1. The summed E-state index contributed by atoms with van der Waals surface area (Å²) in [6, 6.07) is 11.2. The van der Waals surface area contributed by atoms with Crippen LogP contribution in [0.3, 0.4) is 0 Å². The summed E-state index contributed by atoms with van der Waals surface area (Å²) in [5.74, 6) is 0.731. The van der Waals surface area contributed by atoms with E-state index in [1.165, 1.54) is 0 Å². The van der Waals surface area contributed by atoms with E-state index in [9.17, 15) is 4.79 Å². The normalized spacial score (nSPS) is 30.5. The Kier molecular flexibility index (Phi) is 5.22. The Morgan fingerprint density at radius 2 is 2.11 bits per heavy atom. The minimum absolute atomic E-state index is 0.0713. The van der Waals surface area contributed by atoms with E-state index < -0.39 is 6.04 Å². The Bertz CT molecular complexity index is 781. The molecule has 8 heteroatoms. The number of nitrogens with one attached hydrogen (secondary N) is 3. The van der Waals surface area contributed by atoms with E-state index >= 15 is 0 Å². The van der Waals surface area contributed by atoms with Crippen molar-refractivity contribution in [2.24, 2.45) is 11.7 Å². The molecule has 0 bridgehead atoms. The average molecular weight is 371 g/mol. The van der Waals surface area contributed by atoms with Crippen LogP contribution in [0.2, 0.25) is 0 Å². The zero-order valence-corrected chi connectivity index (χ0v) is 15.2. The fraction of sp³-hybridized carbons (Fsp3) is 0.474. The first-order valence-electron chi connectivity index (χ1n) is 9.23. The SMILES string of the molecule is Cc1cc(C[C@@H]2COC[C@@H]2NC(=O)C2NNC(N)C2c2ccccc2)on1. The third kappa shape index (κ3) is 3.89. The molecule has 1 amide bonds. The van der Waals surface area contributed by atoms with Crippen molar-refractivity contribution in [3.8, 4) is 0 Å². The Morgan fingerprint density at radius 1 is 1.30 bits per heavy atom. The van der Waals surface area contributed by atoms with Crippen molar-refractivity contribution in [1.29, 1.82) is 0 Å². The quantitative estimate of drug-likeness (QED) is 0.594. The van der Waals surface area contributed by atoms with Gasteiger partial charge in [0.15, 0.2) is 0 Å². The van der Waals surface area contributed by atoms with Crippen molar-refractivity contribution in [3.05, 3.63) is 53.4 Å². The van der Waals surface area contributed by atoms with Crippen LogP contribution >= 0.6 is 0 Å². The van der Waals surface area contributed by atoms with E-state index in [1.807, 2.05) is 43.3 Å². The largest absolute Gasteiger partial charge is 0.379 e. The Hall–Kier alpha value is -2.26. The number of aromatic nitrogens is 1. The van der Waals surface area contributed by atoms with Gasteiger partial charge in [0.1, 0.15) is 11.8 Å². The molecule has 2 aliphatic rings. The van der Waals surface area contributed by atoms with Crippen LogP contribution in [0.1, 0.15) is 22.9 Å². The minimum atomic E-state index is -0.448. The number of benzene rings is 1. The van der Waals surface area contributed by atoms with Crippen LogP contribution in [-0.2, 0) is 16.0 Å². The second-order valence-electron chi connectivity index (χ2n) is 7.28. The van der Waals surface area contributed by atoms with Crippen LogP contribution in [0.4, 0.5) is 0 Å². The lowest BCUT2D eigenvalue weighted by Gasteiger charge is -2.24. The van der Waals surface area contributed by atoms with Gasteiger partial charge in [0.2, 0.25) is 5.91 Å². The summed E-state index contributed by atoms with van der Waals surface area (Å²) in [5, 5.41) is 7.06. The highest BCUT2D eigenvalue weighted by Gasteiger charge is 2.41. The molecule has 27 heavy (non-hydrogen) atoms. The number of hydrogen-bond donors (Lipinski definition) is 4. The summed E-state index contributed by atoms with van der Waals surface area (Å²) in [4.78, 5) is 13.0. The number of amides is 1. The molecule has 8 nitrogen and oxygen atoms in total. The third-order valence-corrected chi connectivity index (χ3v) is 5.28. The molecule has 2 aromatic rings. The first-order valence-corrected chi connectivity index (χ1v) is 9.23. The summed E-state index contributed by atoms with van der Waals surface area (Å²) < 4.78 is 10.9. The molecule has 5 N–H and O–H groups in total. The second-order valence-corrected chi connectivity index (χ2v) is 7.28. The monoisotopic (exact) mass is 371 g/mol. The van der Waals surface area contributed by atoms with Crippen molar-refractivity contribution < 1.29 is 14.1 Å². The van der Waals surface area contributed by atoms with Gasteiger partial charge in [-0.25, -0.2) is 10.9 Å². The zero-order valence-electron chi connectivity index (χ0n) is 15.2. The van der Waals surface area contributed by atoms with Crippen molar-refractivity contribution in [3.63, 3.8) is 0 Å². The average Bonchev–Trinajstić information content (AvgIpc) is 3.37. The topological polar surface area (TPSA) is 114 Å². The molecule has 2 fully saturated rings. The number of carbonyl (C=O) groups excluding carboxylic acids is 1. The first-order chi connectivity index (χ1) is 13.1. The Morgan fingerprint density at radius 3 is 2.85 bits per heavy atom. The van der Waals surface area contributed by atoms with Gasteiger partial charge < -0.3 is 20.3 Å². The number of rotatable bonds is 5. The number of nitrogens with two attached hydrogens (primary N) is 1. The Balaban J connectivity index is 1.43. The highest BCUT2D eigenvalue weighted by atomic mass is 16.5. The minimum Gasteiger partial charge on any atom is -0.379 e. The van der Waals surface area contributed by atoms with Crippen molar-refractivity contribution in [1.82, 2.24) is 21.3 Å². The van der Waals surface area contributed by atoms with E-state index in [0.717, 1.165) is 17.0 Å². The summed E-state index contributed by atoms with van der Waals surface area (Å²) in [5.41, 5.74) is 14.1. The first kappa shape index (κ1) is 18.1. The molecule has 2 saturated heterocycles. The van der Waals surface area contributed by atoms with E-state index in [2.05, 4.69) is 21.3 Å². The van der Waals surface area contributed by atoms with E-state index in [4.69, 9.17) is 15.0 Å². The fourth-order valence-corrected chi connectivity index (χ4v) is 3.88. The van der Waals surface area contributed by atoms with E-state index in [-0.39, 0.29) is 30.0 Å². The molecule has 1 aromatic heterocycles. The second kappa shape index (κ2) is 7.77. The molecule has 1 aromatic carbocycles. The van der Waals surface area contributed by atoms with Gasteiger partial charge in [-0.05, 0) is 12.5 Å². The maximum Gasteiger partial charge on any atom is 0.239 e. The summed E-state index contributed by atoms with van der Waals surface area (Å²) in [7, 11) is 0. The lowest BCUT2D eigenvalue weighted by molar-refractivity contribution is -0.124. The highest BCUT2D eigenvalue weighted by molar-refractivity contribution is 5.83. The molecule has 3 unspecified atom stereocenters. The van der Waals surface area contributed by atoms with Gasteiger partial charge in [0, 0.05) is 24.3 Å². The van der Waals surface area contributed by atoms with Crippen LogP contribution in [0.5, 0.6) is 0 Å². The molecule has 0 saturated carbocycles.